The Labute approximate surface area is 164 Å². The third-order valence-electron chi connectivity index (χ3n) is 4.64. The Morgan fingerprint density at radius 3 is 2.04 bits per heavy atom. The Morgan fingerprint density at radius 1 is 1.12 bits per heavy atom. The molecule has 3 N–H and O–H groups in total. The van der Waals surface area contributed by atoms with Gasteiger partial charge >= 0.3 is 0 Å². The fourth-order valence-electron chi connectivity index (χ4n) is 2.55. The summed E-state index contributed by atoms with van der Waals surface area (Å²) in [4.78, 5) is 12.4. The van der Waals surface area contributed by atoms with Crippen molar-refractivity contribution in [3.05, 3.63) is 29.8 Å². The first kappa shape index (κ1) is 24.8. The van der Waals surface area contributed by atoms with Gasteiger partial charge in [0.05, 0.1) is 17.0 Å². The maximum atomic E-state index is 12.5. The van der Waals surface area contributed by atoms with E-state index < -0.39 is 16.1 Å². The van der Waals surface area contributed by atoms with Gasteiger partial charge in [0.1, 0.15) is 0 Å². The predicted molar refractivity (Wildman–Crippen MR) is 108 cm³/mol. The van der Waals surface area contributed by atoms with Crippen LogP contribution in [0.1, 0.15) is 52.6 Å². The summed E-state index contributed by atoms with van der Waals surface area (Å²) in [6.45, 7) is 10.3. The zero-order valence-corrected chi connectivity index (χ0v) is 17.9. The van der Waals surface area contributed by atoms with Gasteiger partial charge in [-0.1, -0.05) is 46.2 Å². The number of nitrogens with one attached hydrogen (secondary N) is 1. The topological polar surface area (TPSA) is 92.5 Å². The molecule has 3 unspecified atom stereocenters. The quantitative estimate of drug-likeness (QED) is 0.660. The minimum Gasteiger partial charge on any atom is -0.348 e. The van der Waals surface area contributed by atoms with E-state index >= 15 is 0 Å². The van der Waals surface area contributed by atoms with Gasteiger partial charge in [0.15, 0.2) is 0 Å². The number of carbonyl (C=O) groups excluding carboxylic acids is 1. The fraction of sp³-hybridized carbons (Fsp3) is 0.611. The zero-order chi connectivity index (χ0) is 19.2. The van der Waals surface area contributed by atoms with Gasteiger partial charge in [0.2, 0.25) is 15.9 Å². The van der Waals surface area contributed by atoms with Crippen molar-refractivity contribution in [3.63, 3.8) is 0 Å². The van der Waals surface area contributed by atoms with Gasteiger partial charge in [0, 0.05) is 13.1 Å². The van der Waals surface area contributed by atoms with Gasteiger partial charge < -0.3 is 11.1 Å². The Hall–Kier alpha value is -1.15. The highest BCUT2D eigenvalue weighted by Gasteiger charge is 2.23. The van der Waals surface area contributed by atoms with Gasteiger partial charge in [-0.3, -0.25) is 4.79 Å². The normalized spacial score (nSPS) is 15.0. The fourth-order valence-corrected chi connectivity index (χ4v) is 4.00. The third kappa shape index (κ3) is 5.94. The van der Waals surface area contributed by atoms with E-state index in [9.17, 15) is 13.2 Å². The zero-order valence-electron chi connectivity index (χ0n) is 16.2. The number of hydrogen-bond donors (Lipinski definition) is 2. The second-order valence-electron chi connectivity index (χ2n) is 6.30. The van der Waals surface area contributed by atoms with Crippen molar-refractivity contribution in [2.45, 2.75) is 58.0 Å². The van der Waals surface area contributed by atoms with Crippen molar-refractivity contribution in [1.29, 1.82) is 0 Å². The summed E-state index contributed by atoms with van der Waals surface area (Å²) in [6, 6.07) is 5.84. The summed E-state index contributed by atoms with van der Waals surface area (Å²) < 4.78 is 26.4. The Morgan fingerprint density at radius 2 is 1.62 bits per heavy atom. The molecule has 0 aliphatic carbocycles. The summed E-state index contributed by atoms with van der Waals surface area (Å²) >= 11 is 0. The van der Waals surface area contributed by atoms with Crippen LogP contribution in [0.25, 0.3) is 0 Å². The van der Waals surface area contributed by atoms with Gasteiger partial charge in [-0.2, -0.15) is 4.31 Å². The maximum Gasteiger partial charge on any atom is 0.243 e. The lowest BCUT2D eigenvalue weighted by molar-refractivity contribution is -0.124. The van der Waals surface area contributed by atoms with Crippen LogP contribution < -0.4 is 11.1 Å². The highest BCUT2D eigenvalue weighted by Crippen LogP contribution is 2.19. The molecule has 0 heterocycles. The Balaban J connectivity index is 0.00000625. The van der Waals surface area contributed by atoms with Gasteiger partial charge in [-0.25, -0.2) is 8.42 Å². The van der Waals surface area contributed by atoms with Crippen molar-refractivity contribution < 1.29 is 13.2 Å². The maximum absolute atomic E-state index is 12.5. The van der Waals surface area contributed by atoms with Crippen molar-refractivity contribution in [1.82, 2.24) is 9.62 Å². The van der Waals surface area contributed by atoms with Crippen LogP contribution in [0, 0.1) is 5.92 Å². The lowest BCUT2D eigenvalue weighted by Crippen LogP contribution is -2.45. The molecule has 0 bridgehead atoms. The molecule has 8 heteroatoms. The van der Waals surface area contributed by atoms with E-state index in [0.29, 0.717) is 13.1 Å². The first-order chi connectivity index (χ1) is 11.7. The van der Waals surface area contributed by atoms with Crippen LogP contribution in [0.4, 0.5) is 0 Å². The van der Waals surface area contributed by atoms with E-state index in [-0.39, 0.29) is 35.2 Å². The molecule has 0 saturated carbocycles. The first-order valence-electron chi connectivity index (χ1n) is 8.84. The van der Waals surface area contributed by atoms with Crippen LogP contribution in [0.15, 0.2) is 29.2 Å². The number of hydrogen-bond acceptors (Lipinski definition) is 4. The smallest absolute Gasteiger partial charge is 0.243 e. The summed E-state index contributed by atoms with van der Waals surface area (Å²) in [6.07, 6.45) is 0.834. The van der Waals surface area contributed by atoms with Crippen LogP contribution in [-0.2, 0) is 14.8 Å². The lowest BCUT2D eigenvalue weighted by atomic mass is 9.98. The molecule has 0 fully saturated rings. The molecule has 1 aromatic carbocycles. The Kier molecular flexibility index (Phi) is 10.4. The summed E-state index contributed by atoms with van der Waals surface area (Å²) in [5.74, 6) is -0.0875. The highest BCUT2D eigenvalue weighted by atomic mass is 35.5. The second-order valence-corrected chi connectivity index (χ2v) is 8.24. The van der Waals surface area contributed by atoms with E-state index in [1.807, 2.05) is 34.6 Å². The van der Waals surface area contributed by atoms with E-state index in [0.717, 1.165) is 12.0 Å². The average Bonchev–Trinajstić information content (AvgIpc) is 2.61. The van der Waals surface area contributed by atoms with Crippen molar-refractivity contribution in [2.75, 3.05) is 13.1 Å². The molecule has 0 aromatic heterocycles. The second kappa shape index (κ2) is 10.9. The van der Waals surface area contributed by atoms with E-state index in [4.69, 9.17) is 5.73 Å². The summed E-state index contributed by atoms with van der Waals surface area (Å²) in [5, 5.41) is 2.89. The van der Waals surface area contributed by atoms with Crippen LogP contribution in [0.2, 0.25) is 0 Å². The number of nitrogens with two attached hydrogens (primary N) is 1. The molecule has 0 spiro atoms. The molecule has 0 saturated heterocycles. The molecule has 0 radical (unpaired) electrons. The molecule has 150 valence electrons. The molecule has 6 nitrogen and oxygen atoms in total. The Bertz CT molecular complexity index is 661. The predicted octanol–water partition coefficient (Wildman–Crippen LogP) is 2.69. The van der Waals surface area contributed by atoms with Crippen molar-refractivity contribution in [2.24, 2.45) is 11.7 Å². The number of rotatable bonds is 9. The van der Waals surface area contributed by atoms with Gasteiger partial charge in [-0.15, -0.1) is 12.4 Å². The molecular weight excluding hydrogens is 374 g/mol. The molecule has 1 rings (SSSR count). The number of carbonyl (C=O) groups is 1. The molecule has 1 amide bonds. The number of nitrogens with zero attached hydrogens (tertiary/aromatic N) is 1. The van der Waals surface area contributed by atoms with Crippen molar-refractivity contribution in [3.8, 4) is 0 Å². The SMILES string of the molecule is CCC(C)C(N)C(=O)NC(C)c1ccc(S(=O)(=O)N(CC)CC)cc1.Cl. The monoisotopic (exact) mass is 405 g/mol. The molecule has 0 aliphatic heterocycles. The van der Waals surface area contributed by atoms with Crippen LogP contribution in [-0.4, -0.2) is 37.8 Å². The van der Waals surface area contributed by atoms with Crippen LogP contribution >= 0.6 is 12.4 Å². The minimum absolute atomic E-state index is 0. The first-order valence-corrected chi connectivity index (χ1v) is 10.3. The number of sulfonamides is 1. The summed E-state index contributed by atoms with van der Waals surface area (Å²) in [5.41, 5.74) is 6.78. The number of amides is 1. The standard InChI is InChI=1S/C18H31N3O3S.ClH/c1-6-13(4)17(19)18(22)20-14(5)15-9-11-16(12-10-15)25(23,24)21(7-2)8-3;/h9-14,17H,6-8,19H2,1-5H3,(H,20,22);1H. The lowest BCUT2D eigenvalue weighted by Gasteiger charge is -2.22. The highest BCUT2D eigenvalue weighted by molar-refractivity contribution is 7.89. The average molecular weight is 406 g/mol. The molecule has 1 aromatic rings. The summed E-state index contributed by atoms with van der Waals surface area (Å²) in [7, 11) is -3.47. The largest absolute Gasteiger partial charge is 0.348 e. The van der Waals surface area contributed by atoms with Crippen molar-refractivity contribution >= 4 is 28.3 Å². The van der Waals surface area contributed by atoms with E-state index in [2.05, 4.69) is 5.32 Å². The van der Waals surface area contributed by atoms with E-state index in [1.54, 1.807) is 24.3 Å². The molecular formula is C18H32ClN3O3S. The third-order valence-corrected chi connectivity index (χ3v) is 6.71. The molecule has 3 atom stereocenters. The van der Waals surface area contributed by atoms with Crippen LogP contribution in [0.5, 0.6) is 0 Å². The van der Waals surface area contributed by atoms with E-state index in [1.165, 1.54) is 4.31 Å². The van der Waals surface area contributed by atoms with Gasteiger partial charge in [-0.05, 0) is 30.5 Å². The minimum atomic E-state index is -3.47. The molecule has 0 aliphatic rings. The van der Waals surface area contributed by atoms with Crippen LogP contribution in [0.3, 0.4) is 0 Å². The number of benzene rings is 1. The molecule has 26 heavy (non-hydrogen) atoms. The van der Waals surface area contributed by atoms with Gasteiger partial charge in [0.25, 0.3) is 0 Å². The number of halogens is 1.